The van der Waals surface area contributed by atoms with Crippen LogP contribution in [0.2, 0.25) is 0 Å². The maximum absolute atomic E-state index is 12.3. The molecule has 0 aliphatic rings. The highest BCUT2D eigenvalue weighted by Crippen LogP contribution is 2.27. The summed E-state index contributed by atoms with van der Waals surface area (Å²) in [5.74, 6) is 1.90. The van der Waals surface area contributed by atoms with Crippen LogP contribution in [0.5, 0.6) is 11.5 Å². The number of para-hydroxylation sites is 2. The molecule has 0 saturated heterocycles. The normalized spacial score (nSPS) is 11.1. The van der Waals surface area contributed by atoms with Crippen LogP contribution in [-0.2, 0) is 11.3 Å². The minimum atomic E-state index is -0.222. The molecule has 0 atom stereocenters. The molecule has 0 radical (unpaired) electrons. The largest absolute Gasteiger partial charge is 0.493 e. The number of carbonyl (C=O) groups excluding carboxylic acids is 1. The molecule has 0 aliphatic heterocycles. The molecule has 152 valence electrons. The SMILES string of the molecule is CCCCOc1cc(/C=N\NC(=O)Cn2c(C)nc3ccccc32)ccc1OC. The predicted molar refractivity (Wildman–Crippen MR) is 114 cm³/mol. The van der Waals surface area contributed by atoms with E-state index in [0.29, 0.717) is 18.1 Å². The fraction of sp³-hybridized carbons (Fsp3) is 0.318. The van der Waals surface area contributed by atoms with Gasteiger partial charge in [-0.3, -0.25) is 4.79 Å². The van der Waals surface area contributed by atoms with Crippen LogP contribution in [0, 0.1) is 6.92 Å². The van der Waals surface area contributed by atoms with E-state index in [0.717, 1.165) is 35.3 Å². The number of unbranched alkanes of at least 4 members (excludes halogenated alkanes) is 1. The number of hydrogen-bond acceptors (Lipinski definition) is 5. The summed E-state index contributed by atoms with van der Waals surface area (Å²) in [5, 5.41) is 4.07. The molecule has 1 aromatic heterocycles. The predicted octanol–water partition coefficient (Wildman–Crippen LogP) is 3.68. The molecule has 1 heterocycles. The Morgan fingerprint density at radius 3 is 2.86 bits per heavy atom. The number of hydrogen-bond donors (Lipinski definition) is 1. The van der Waals surface area contributed by atoms with Gasteiger partial charge < -0.3 is 14.0 Å². The van der Waals surface area contributed by atoms with E-state index in [1.54, 1.807) is 13.3 Å². The van der Waals surface area contributed by atoms with Gasteiger partial charge in [0.2, 0.25) is 0 Å². The number of methoxy groups -OCH3 is 1. The van der Waals surface area contributed by atoms with Crippen molar-refractivity contribution in [2.45, 2.75) is 33.2 Å². The second kappa shape index (κ2) is 9.73. The zero-order chi connectivity index (χ0) is 20.6. The molecular weight excluding hydrogens is 368 g/mol. The first-order valence-electron chi connectivity index (χ1n) is 9.67. The summed E-state index contributed by atoms with van der Waals surface area (Å²) < 4.78 is 13.0. The summed E-state index contributed by atoms with van der Waals surface area (Å²) in [4.78, 5) is 16.8. The van der Waals surface area contributed by atoms with E-state index < -0.39 is 0 Å². The lowest BCUT2D eigenvalue weighted by Crippen LogP contribution is -2.23. The Morgan fingerprint density at radius 1 is 1.24 bits per heavy atom. The van der Waals surface area contributed by atoms with Crippen LogP contribution in [0.4, 0.5) is 0 Å². The Hall–Kier alpha value is -3.35. The average Bonchev–Trinajstić information content (AvgIpc) is 3.03. The van der Waals surface area contributed by atoms with Gasteiger partial charge in [-0.05, 0) is 49.2 Å². The number of amides is 1. The molecule has 0 aliphatic carbocycles. The number of benzene rings is 2. The van der Waals surface area contributed by atoms with Gasteiger partial charge in [0.1, 0.15) is 12.4 Å². The zero-order valence-corrected chi connectivity index (χ0v) is 17.0. The van der Waals surface area contributed by atoms with E-state index in [2.05, 4.69) is 22.4 Å². The lowest BCUT2D eigenvalue weighted by molar-refractivity contribution is -0.121. The number of carbonyl (C=O) groups is 1. The van der Waals surface area contributed by atoms with Gasteiger partial charge in [-0.15, -0.1) is 0 Å². The first kappa shape index (κ1) is 20.4. The van der Waals surface area contributed by atoms with Crippen LogP contribution in [0.15, 0.2) is 47.6 Å². The molecule has 0 spiro atoms. The molecular formula is C22H26N4O3. The lowest BCUT2D eigenvalue weighted by Gasteiger charge is -2.11. The summed E-state index contributed by atoms with van der Waals surface area (Å²) in [5.41, 5.74) is 5.17. The average molecular weight is 394 g/mol. The Kier molecular flexibility index (Phi) is 6.84. The number of aryl methyl sites for hydroxylation is 1. The number of hydrazone groups is 1. The molecule has 3 aromatic rings. The van der Waals surface area contributed by atoms with E-state index >= 15 is 0 Å². The van der Waals surface area contributed by atoms with Gasteiger partial charge in [0.15, 0.2) is 11.5 Å². The van der Waals surface area contributed by atoms with Crippen LogP contribution in [0.3, 0.4) is 0 Å². The Morgan fingerprint density at radius 2 is 2.07 bits per heavy atom. The Labute approximate surface area is 170 Å². The second-order valence-corrected chi connectivity index (χ2v) is 6.64. The molecule has 0 saturated carbocycles. The van der Waals surface area contributed by atoms with Gasteiger partial charge >= 0.3 is 0 Å². The van der Waals surface area contributed by atoms with Crippen molar-refractivity contribution in [3.8, 4) is 11.5 Å². The first-order chi connectivity index (χ1) is 14.1. The summed E-state index contributed by atoms with van der Waals surface area (Å²) in [6.07, 6.45) is 3.62. The summed E-state index contributed by atoms with van der Waals surface area (Å²) in [7, 11) is 1.61. The Bertz CT molecular complexity index is 1010. The molecule has 29 heavy (non-hydrogen) atoms. The third-order valence-corrected chi connectivity index (χ3v) is 4.49. The van der Waals surface area contributed by atoms with Crippen LogP contribution < -0.4 is 14.9 Å². The maximum atomic E-state index is 12.3. The van der Waals surface area contributed by atoms with Crippen LogP contribution in [-0.4, -0.2) is 35.4 Å². The van der Waals surface area contributed by atoms with E-state index in [1.165, 1.54) is 0 Å². The minimum absolute atomic E-state index is 0.150. The summed E-state index contributed by atoms with van der Waals surface area (Å²) in [6.45, 7) is 4.77. The number of nitrogens with zero attached hydrogens (tertiary/aromatic N) is 3. The van der Waals surface area contributed by atoms with Crippen molar-refractivity contribution in [3.05, 3.63) is 53.9 Å². The molecule has 0 unspecified atom stereocenters. The third kappa shape index (κ3) is 5.13. The van der Waals surface area contributed by atoms with Gasteiger partial charge in [-0.2, -0.15) is 5.10 Å². The quantitative estimate of drug-likeness (QED) is 0.341. The highest BCUT2D eigenvalue weighted by Gasteiger charge is 2.10. The van der Waals surface area contributed by atoms with Crippen molar-refractivity contribution >= 4 is 23.2 Å². The number of imidazole rings is 1. The summed E-state index contributed by atoms with van der Waals surface area (Å²) >= 11 is 0. The first-order valence-corrected chi connectivity index (χ1v) is 9.67. The monoisotopic (exact) mass is 394 g/mol. The van der Waals surface area contributed by atoms with E-state index in [9.17, 15) is 4.79 Å². The molecule has 1 N–H and O–H groups in total. The van der Waals surface area contributed by atoms with Gasteiger partial charge in [0.25, 0.3) is 5.91 Å². The number of rotatable bonds is 9. The van der Waals surface area contributed by atoms with Crippen LogP contribution in [0.25, 0.3) is 11.0 Å². The third-order valence-electron chi connectivity index (χ3n) is 4.49. The smallest absolute Gasteiger partial charge is 0.260 e. The van der Waals surface area contributed by atoms with Crippen molar-refractivity contribution in [3.63, 3.8) is 0 Å². The van der Waals surface area contributed by atoms with Crippen LogP contribution >= 0.6 is 0 Å². The molecule has 2 aromatic carbocycles. The van der Waals surface area contributed by atoms with Crippen LogP contribution in [0.1, 0.15) is 31.2 Å². The van der Waals surface area contributed by atoms with Gasteiger partial charge in [0, 0.05) is 0 Å². The fourth-order valence-corrected chi connectivity index (χ4v) is 2.97. The number of aromatic nitrogens is 2. The second-order valence-electron chi connectivity index (χ2n) is 6.64. The highest BCUT2D eigenvalue weighted by molar-refractivity contribution is 5.84. The van der Waals surface area contributed by atoms with Crippen molar-refractivity contribution in [1.82, 2.24) is 15.0 Å². The van der Waals surface area contributed by atoms with Gasteiger partial charge in [-0.25, -0.2) is 10.4 Å². The van der Waals surface area contributed by atoms with Gasteiger partial charge in [0.05, 0.1) is 31.0 Å². The molecule has 7 heteroatoms. The molecule has 1 amide bonds. The summed E-state index contributed by atoms with van der Waals surface area (Å²) in [6, 6.07) is 13.3. The minimum Gasteiger partial charge on any atom is -0.493 e. The Balaban J connectivity index is 1.63. The molecule has 0 fully saturated rings. The lowest BCUT2D eigenvalue weighted by atomic mass is 10.2. The van der Waals surface area contributed by atoms with E-state index in [1.807, 2.05) is 54.0 Å². The fourth-order valence-electron chi connectivity index (χ4n) is 2.97. The number of fused-ring (bicyclic) bond motifs is 1. The van der Waals surface area contributed by atoms with Crippen molar-refractivity contribution in [2.75, 3.05) is 13.7 Å². The number of ether oxygens (including phenoxy) is 2. The topological polar surface area (TPSA) is 77.7 Å². The maximum Gasteiger partial charge on any atom is 0.260 e. The van der Waals surface area contributed by atoms with Crippen molar-refractivity contribution in [2.24, 2.45) is 5.10 Å². The number of nitrogens with one attached hydrogen (secondary N) is 1. The van der Waals surface area contributed by atoms with E-state index in [-0.39, 0.29) is 12.5 Å². The van der Waals surface area contributed by atoms with Gasteiger partial charge in [-0.1, -0.05) is 25.5 Å². The van der Waals surface area contributed by atoms with Crippen molar-refractivity contribution < 1.29 is 14.3 Å². The molecule has 3 rings (SSSR count). The van der Waals surface area contributed by atoms with Crippen molar-refractivity contribution in [1.29, 1.82) is 0 Å². The molecule has 7 nitrogen and oxygen atoms in total. The zero-order valence-electron chi connectivity index (χ0n) is 17.0. The highest BCUT2D eigenvalue weighted by atomic mass is 16.5. The molecule has 0 bridgehead atoms. The standard InChI is InChI=1S/C22H26N4O3/c1-4-5-12-29-21-13-17(10-11-20(21)28-3)14-23-25-22(27)15-26-16(2)24-18-8-6-7-9-19(18)26/h6-11,13-14H,4-5,12,15H2,1-3H3,(H,25,27)/b23-14-. The van der Waals surface area contributed by atoms with E-state index in [4.69, 9.17) is 9.47 Å².